The Labute approximate surface area is 109 Å². The summed E-state index contributed by atoms with van der Waals surface area (Å²) >= 11 is 0. The third kappa shape index (κ3) is 2.92. The van der Waals surface area contributed by atoms with E-state index in [1.165, 1.54) is 11.1 Å². The molecule has 0 saturated carbocycles. The SMILES string of the molecule is Cc1ccc(Oc2ccccc2)c(C(C)(C)C)c1. The van der Waals surface area contributed by atoms with Gasteiger partial charge in [0.2, 0.25) is 0 Å². The summed E-state index contributed by atoms with van der Waals surface area (Å²) < 4.78 is 5.99. The summed E-state index contributed by atoms with van der Waals surface area (Å²) in [6, 6.07) is 16.3. The molecular weight excluding hydrogens is 220 g/mol. The van der Waals surface area contributed by atoms with Crippen LogP contribution in [0.5, 0.6) is 11.5 Å². The monoisotopic (exact) mass is 240 g/mol. The van der Waals surface area contributed by atoms with E-state index in [2.05, 4.69) is 45.9 Å². The second-order valence-electron chi connectivity index (χ2n) is 5.66. The molecule has 0 atom stereocenters. The fourth-order valence-corrected chi connectivity index (χ4v) is 1.93. The number of para-hydroxylation sites is 1. The van der Waals surface area contributed by atoms with Crippen LogP contribution in [0.1, 0.15) is 31.9 Å². The highest BCUT2D eigenvalue weighted by Crippen LogP contribution is 2.34. The van der Waals surface area contributed by atoms with Crippen molar-refractivity contribution in [2.45, 2.75) is 33.1 Å². The number of rotatable bonds is 2. The van der Waals surface area contributed by atoms with Crippen LogP contribution in [0.3, 0.4) is 0 Å². The van der Waals surface area contributed by atoms with Gasteiger partial charge in [-0.05, 0) is 30.5 Å². The second kappa shape index (κ2) is 4.85. The minimum Gasteiger partial charge on any atom is -0.457 e. The van der Waals surface area contributed by atoms with Gasteiger partial charge < -0.3 is 4.74 Å². The molecule has 18 heavy (non-hydrogen) atoms. The van der Waals surface area contributed by atoms with E-state index in [1.807, 2.05) is 30.3 Å². The van der Waals surface area contributed by atoms with Crippen molar-refractivity contribution in [2.24, 2.45) is 0 Å². The van der Waals surface area contributed by atoms with Crippen LogP contribution in [0.25, 0.3) is 0 Å². The molecule has 0 aliphatic heterocycles. The van der Waals surface area contributed by atoms with Gasteiger partial charge in [0.1, 0.15) is 11.5 Å². The minimum absolute atomic E-state index is 0.0795. The van der Waals surface area contributed by atoms with E-state index in [-0.39, 0.29) is 5.41 Å². The Bertz CT molecular complexity index is 521. The summed E-state index contributed by atoms with van der Waals surface area (Å²) in [5, 5.41) is 0. The molecular formula is C17H20O. The van der Waals surface area contributed by atoms with E-state index in [4.69, 9.17) is 4.74 Å². The second-order valence-corrected chi connectivity index (χ2v) is 5.66. The van der Waals surface area contributed by atoms with Crippen LogP contribution in [-0.4, -0.2) is 0 Å². The maximum absolute atomic E-state index is 5.99. The van der Waals surface area contributed by atoms with E-state index in [0.29, 0.717) is 0 Å². The zero-order chi connectivity index (χ0) is 13.2. The average Bonchev–Trinajstić information content (AvgIpc) is 2.31. The topological polar surface area (TPSA) is 9.23 Å². The van der Waals surface area contributed by atoms with Crippen LogP contribution in [-0.2, 0) is 5.41 Å². The minimum atomic E-state index is 0.0795. The third-order valence-electron chi connectivity index (χ3n) is 2.91. The van der Waals surface area contributed by atoms with Gasteiger partial charge in [0, 0.05) is 5.56 Å². The first-order valence-electron chi connectivity index (χ1n) is 6.31. The zero-order valence-electron chi connectivity index (χ0n) is 11.5. The molecule has 1 heteroatoms. The predicted octanol–water partition coefficient (Wildman–Crippen LogP) is 5.08. The summed E-state index contributed by atoms with van der Waals surface area (Å²) in [6.45, 7) is 8.74. The largest absolute Gasteiger partial charge is 0.457 e. The molecule has 0 heterocycles. The van der Waals surface area contributed by atoms with Crippen molar-refractivity contribution in [3.05, 3.63) is 59.7 Å². The molecule has 94 valence electrons. The molecule has 1 nitrogen and oxygen atoms in total. The normalized spacial score (nSPS) is 11.3. The lowest BCUT2D eigenvalue weighted by Gasteiger charge is -2.23. The lowest BCUT2D eigenvalue weighted by Crippen LogP contribution is -2.12. The highest BCUT2D eigenvalue weighted by molar-refractivity contribution is 5.43. The Balaban J connectivity index is 2.39. The van der Waals surface area contributed by atoms with Crippen LogP contribution >= 0.6 is 0 Å². The molecule has 0 unspecified atom stereocenters. The molecule has 2 aromatic rings. The number of ether oxygens (including phenoxy) is 1. The molecule has 0 bridgehead atoms. The summed E-state index contributed by atoms with van der Waals surface area (Å²) in [5.74, 6) is 1.83. The highest BCUT2D eigenvalue weighted by atomic mass is 16.5. The molecule has 0 aliphatic rings. The third-order valence-corrected chi connectivity index (χ3v) is 2.91. The molecule has 0 aliphatic carbocycles. The van der Waals surface area contributed by atoms with Gasteiger partial charge in [-0.1, -0.05) is 56.7 Å². The maximum Gasteiger partial charge on any atom is 0.131 e. The van der Waals surface area contributed by atoms with E-state index in [0.717, 1.165) is 11.5 Å². The van der Waals surface area contributed by atoms with Crippen LogP contribution in [0.4, 0.5) is 0 Å². The van der Waals surface area contributed by atoms with Crippen LogP contribution < -0.4 is 4.74 Å². The smallest absolute Gasteiger partial charge is 0.131 e. The van der Waals surface area contributed by atoms with Gasteiger partial charge in [-0.3, -0.25) is 0 Å². The van der Waals surface area contributed by atoms with Crippen molar-refractivity contribution in [1.29, 1.82) is 0 Å². The van der Waals surface area contributed by atoms with Crippen molar-refractivity contribution in [3.8, 4) is 11.5 Å². The summed E-state index contributed by atoms with van der Waals surface area (Å²) in [4.78, 5) is 0. The molecule has 0 spiro atoms. The van der Waals surface area contributed by atoms with Crippen LogP contribution in [0.2, 0.25) is 0 Å². The van der Waals surface area contributed by atoms with Gasteiger partial charge in [-0.2, -0.15) is 0 Å². The lowest BCUT2D eigenvalue weighted by molar-refractivity contribution is 0.455. The molecule has 0 N–H and O–H groups in total. The van der Waals surface area contributed by atoms with E-state index < -0.39 is 0 Å². The number of hydrogen-bond donors (Lipinski definition) is 0. The first kappa shape index (κ1) is 12.7. The Morgan fingerprint density at radius 1 is 0.889 bits per heavy atom. The molecule has 0 amide bonds. The maximum atomic E-state index is 5.99. The molecule has 0 fully saturated rings. The van der Waals surface area contributed by atoms with Gasteiger partial charge in [0.25, 0.3) is 0 Å². The van der Waals surface area contributed by atoms with E-state index in [9.17, 15) is 0 Å². The predicted molar refractivity (Wildman–Crippen MR) is 76.4 cm³/mol. The molecule has 2 rings (SSSR count). The lowest BCUT2D eigenvalue weighted by atomic mass is 9.85. The number of hydrogen-bond acceptors (Lipinski definition) is 1. The van der Waals surface area contributed by atoms with Crippen molar-refractivity contribution in [2.75, 3.05) is 0 Å². The van der Waals surface area contributed by atoms with Gasteiger partial charge in [-0.15, -0.1) is 0 Å². The molecule has 0 radical (unpaired) electrons. The van der Waals surface area contributed by atoms with Gasteiger partial charge >= 0.3 is 0 Å². The van der Waals surface area contributed by atoms with Crippen molar-refractivity contribution in [3.63, 3.8) is 0 Å². The fourth-order valence-electron chi connectivity index (χ4n) is 1.93. The van der Waals surface area contributed by atoms with Gasteiger partial charge in [0.05, 0.1) is 0 Å². The molecule has 0 saturated heterocycles. The highest BCUT2D eigenvalue weighted by Gasteiger charge is 2.19. The first-order valence-corrected chi connectivity index (χ1v) is 6.31. The fraction of sp³-hybridized carbons (Fsp3) is 0.294. The van der Waals surface area contributed by atoms with Crippen LogP contribution in [0.15, 0.2) is 48.5 Å². The Morgan fingerprint density at radius 2 is 1.56 bits per heavy atom. The average molecular weight is 240 g/mol. The number of aryl methyl sites for hydroxylation is 1. The van der Waals surface area contributed by atoms with Crippen molar-refractivity contribution < 1.29 is 4.74 Å². The first-order chi connectivity index (χ1) is 8.47. The molecule has 0 aromatic heterocycles. The molecule has 2 aromatic carbocycles. The Hall–Kier alpha value is -1.76. The number of benzene rings is 2. The Kier molecular flexibility index (Phi) is 3.42. The summed E-state index contributed by atoms with van der Waals surface area (Å²) in [7, 11) is 0. The zero-order valence-corrected chi connectivity index (χ0v) is 11.5. The van der Waals surface area contributed by atoms with Gasteiger partial charge in [0.15, 0.2) is 0 Å². The summed E-state index contributed by atoms with van der Waals surface area (Å²) in [6.07, 6.45) is 0. The van der Waals surface area contributed by atoms with Crippen molar-refractivity contribution in [1.82, 2.24) is 0 Å². The van der Waals surface area contributed by atoms with Gasteiger partial charge in [-0.25, -0.2) is 0 Å². The van der Waals surface area contributed by atoms with E-state index in [1.54, 1.807) is 0 Å². The quantitative estimate of drug-likeness (QED) is 0.711. The standard InChI is InChI=1S/C17H20O/c1-13-10-11-16(15(12-13)17(2,3)4)18-14-8-6-5-7-9-14/h5-12H,1-4H3. The van der Waals surface area contributed by atoms with E-state index >= 15 is 0 Å². The Morgan fingerprint density at radius 3 is 2.17 bits per heavy atom. The van der Waals surface area contributed by atoms with Crippen LogP contribution in [0, 0.1) is 6.92 Å². The van der Waals surface area contributed by atoms with Crippen molar-refractivity contribution >= 4 is 0 Å². The summed E-state index contributed by atoms with van der Waals surface area (Å²) in [5.41, 5.74) is 2.59.